The molecule has 98 valence electrons. The third-order valence-corrected chi connectivity index (χ3v) is 4.17. The van der Waals surface area contributed by atoms with Crippen LogP contribution in [-0.4, -0.2) is 38.9 Å². The van der Waals surface area contributed by atoms with Crippen molar-refractivity contribution in [1.82, 2.24) is 0 Å². The zero-order chi connectivity index (χ0) is 14.3. The molecule has 0 fully saturated rings. The van der Waals surface area contributed by atoms with Crippen LogP contribution in [0, 0.1) is 0 Å². The van der Waals surface area contributed by atoms with E-state index in [1.165, 1.54) is 7.11 Å². The molecule has 0 N–H and O–H groups in total. The molecule has 0 saturated heterocycles. The van der Waals surface area contributed by atoms with Crippen LogP contribution in [-0.2, 0) is 4.74 Å². The Kier molecular flexibility index (Phi) is 3.13. The van der Waals surface area contributed by atoms with Crippen molar-refractivity contribution < 1.29 is 14.3 Å². The molecule has 0 bridgehead atoms. The van der Waals surface area contributed by atoms with Crippen molar-refractivity contribution in [1.29, 1.82) is 0 Å². The summed E-state index contributed by atoms with van der Waals surface area (Å²) in [5, 5.41) is 0. The molecule has 4 heteroatoms. The van der Waals surface area contributed by atoms with Crippen molar-refractivity contribution in [2.45, 2.75) is 0 Å². The summed E-state index contributed by atoms with van der Waals surface area (Å²) in [4.78, 5) is 25.2. The maximum absolute atomic E-state index is 12.7. The number of carbonyl (C=O) groups is 2. The Morgan fingerprint density at radius 3 is 2.15 bits per heavy atom. The number of carbonyl (C=O) groups excluding carboxylic acids is 2. The summed E-state index contributed by atoms with van der Waals surface area (Å²) in [6.07, 6.45) is 0. The van der Waals surface area contributed by atoms with Crippen LogP contribution in [0.25, 0.3) is 0 Å². The van der Waals surface area contributed by atoms with Gasteiger partial charge in [-0.25, -0.2) is 0 Å². The molecule has 0 unspecified atom stereocenters. The number of hydrogen-bond acceptors (Lipinski definition) is 3. The third kappa shape index (κ3) is 1.77. The number of methoxy groups -OCH3 is 1. The third-order valence-electron chi connectivity index (χ3n) is 3.36. The van der Waals surface area contributed by atoms with E-state index in [4.69, 9.17) is 4.74 Å². The average molecular weight is 329 g/mol. The predicted molar refractivity (Wildman–Crippen MR) is 76.6 cm³/mol. The van der Waals surface area contributed by atoms with E-state index >= 15 is 0 Å². The first-order chi connectivity index (χ1) is 9.65. The summed E-state index contributed by atoms with van der Waals surface area (Å²) in [5.41, 5.74) is 2.36. The maximum atomic E-state index is 12.7. The molecule has 3 nitrogen and oxygen atoms in total. The summed E-state index contributed by atoms with van der Waals surface area (Å²) in [5.74, 6) is -0.267. The zero-order valence-corrected chi connectivity index (χ0v) is 12.4. The van der Waals surface area contributed by atoms with Gasteiger partial charge >= 0.3 is 123 Å². The Morgan fingerprint density at radius 1 is 0.900 bits per heavy atom. The molecule has 0 saturated carbocycles. The van der Waals surface area contributed by atoms with Crippen molar-refractivity contribution in [2.75, 3.05) is 7.11 Å². The molecule has 0 aromatic heterocycles. The molecule has 20 heavy (non-hydrogen) atoms. The van der Waals surface area contributed by atoms with Gasteiger partial charge in [-0.2, -0.15) is 0 Å². The fraction of sp³-hybridized carbons (Fsp3) is 0.0625. The second-order valence-corrected chi connectivity index (χ2v) is 5.20. The van der Waals surface area contributed by atoms with Crippen molar-refractivity contribution in [3.63, 3.8) is 0 Å². The zero-order valence-electron chi connectivity index (χ0n) is 10.7. The van der Waals surface area contributed by atoms with Crippen LogP contribution in [0.1, 0.15) is 37.4 Å². The number of fused-ring (bicyclic) bond motifs is 2. The number of benzene rings is 2. The molecule has 0 heterocycles. The van der Waals surface area contributed by atoms with Crippen molar-refractivity contribution in [2.24, 2.45) is 0 Å². The van der Waals surface area contributed by atoms with Crippen LogP contribution < -0.4 is 0 Å². The number of rotatable bonds is 2. The van der Waals surface area contributed by atoms with E-state index < -0.39 is 0 Å². The molecule has 0 aliphatic heterocycles. The molecule has 3 rings (SSSR count). The van der Waals surface area contributed by atoms with Gasteiger partial charge in [0.2, 0.25) is 0 Å². The number of ether oxygens (including phenoxy) is 1. The van der Waals surface area contributed by atoms with Crippen molar-refractivity contribution in [3.05, 3.63) is 70.3 Å². The average Bonchev–Trinajstić information content (AvgIpc) is 2.51. The van der Waals surface area contributed by atoms with Crippen molar-refractivity contribution in [3.8, 4) is 0 Å². The van der Waals surface area contributed by atoms with Crippen LogP contribution in [0.3, 0.4) is 0 Å². The van der Waals surface area contributed by atoms with E-state index in [0.29, 0.717) is 32.4 Å². The Balaban J connectivity index is 2.31. The minimum absolute atomic E-state index is 0.124. The second kappa shape index (κ2) is 4.82. The van der Waals surface area contributed by atoms with Gasteiger partial charge in [0.1, 0.15) is 0 Å². The van der Waals surface area contributed by atoms with Crippen LogP contribution in [0.4, 0.5) is 0 Å². The number of hydrogen-bond donors (Lipinski definition) is 0. The second-order valence-electron chi connectivity index (χ2n) is 4.42. The van der Waals surface area contributed by atoms with Gasteiger partial charge in [0.05, 0.1) is 0 Å². The molecule has 1 aliphatic rings. The first-order valence-corrected chi connectivity index (χ1v) is 6.90. The van der Waals surface area contributed by atoms with E-state index in [1.54, 1.807) is 42.5 Å². The van der Waals surface area contributed by atoms with E-state index in [9.17, 15) is 9.59 Å². The van der Waals surface area contributed by atoms with Gasteiger partial charge in [-0.3, -0.25) is 0 Å². The summed E-state index contributed by atoms with van der Waals surface area (Å²) in [6, 6.07) is 12.1. The molecular formula is C16H10O3Se. The SMILES string of the molecule is COC(=[Se])c1cccc2c1C(=O)c1ccccc1C2=O. The summed E-state index contributed by atoms with van der Waals surface area (Å²) in [7, 11) is 1.52. The summed E-state index contributed by atoms with van der Waals surface area (Å²) in [6.45, 7) is 0. The summed E-state index contributed by atoms with van der Waals surface area (Å²) >= 11 is 2.78. The van der Waals surface area contributed by atoms with Crippen LogP contribution in [0.2, 0.25) is 0 Å². The van der Waals surface area contributed by atoms with Crippen molar-refractivity contribution >= 4 is 31.7 Å². The molecule has 2 aromatic rings. The van der Waals surface area contributed by atoms with Gasteiger partial charge < -0.3 is 0 Å². The van der Waals surface area contributed by atoms with Gasteiger partial charge in [0.15, 0.2) is 0 Å². The first kappa shape index (κ1) is 13.0. The van der Waals surface area contributed by atoms with E-state index in [-0.39, 0.29) is 11.6 Å². The fourth-order valence-electron chi connectivity index (χ4n) is 2.43. The quantitative estimate of drug-likeness (QED) is 0.673. The predicted octanol–water partition coefficient (Wildman–Crippen LogP) is 1.75. The topological polar surface area (TPSA) is 43.4 Å². The molecular weight excluding hydrogens is 319 g/mol. The van der Waals surface area contributed by atoms with Crippen LogP contribution in [0.15, 0.2) is 42.5 Å². The number of ketones is 2. The van der Waals surface area contributed by atoms with E-state index in [2.05, 4.69) is 15.6 Å². The fourth-order valence-corrected chi connectivity index (χ4v) is 2.78. The Bertz CT molecular complexity index is 762. The minimum atomic E-state index is -0.143. The van der Waals surface area contributed by atoms with Gasteiger partial charge in [-0.1, -0.05) is 0 Å². The van der Waals surface area contributed by atoms with Crippen LogP contribution >= 0.6 is 0 Å². The Labute approximate surface area is 123 Å². The molecule has 0 atom stereocenters. The van der Waals surface area contributed by atoms with E-state index in [1.807, 2.05) is 0 Å². The first-order valence-electron chi connectivity index (χ1n) is 6.05. The van der Waals surface area contributed by atoms with Gasteiger partial charge in [0.25, 0.3) is 0 Å². The Morgan fingerprint density at radius 2 is 1.50 bits per heavy atom. The van der Waals surface area contributed by atoms with Crippen LogP contribution in [0.5, 0.6) is 0 Å². The molecule has 2 aromatic carbocycles. The van der Waals surface area contributed by atoms with Gasteiger partial charge in [-0.05, 0) is 0 Å². The van der Waals surface area contributed by atoms with Gasteiger partial charge in [0, 0.05) is 0 Å². The monoisotopic (exact) mass is 330 g/mol. The molecule has 0 amide bonds. The molecule has 0 radical (unpaired) electrons. The Hall–Kier alpha value is -2.03. The normalized spacial score (nSPS) is 12.7. The molecule has 1 aliphatic carbocycles. The standard InChI is InChI=1S/C16H10O3Se/c1-19-16(20)12-8-4-7-11-13(12)15(18)10-6-3-2-5-9(10)14(11)17/h2-8H,1H3. The van der Waals surface area contributed by atoms with E-state index in [0.717, 1.165) is 0 Å². The molecule has 0 spiro atoms. The van der Waals surface area contributed by atoms with Gasteiger partial charge in [-0.15, -0.1) is 0 Å². The summed E-state index contributed by atoms with van der Waals surface area (Å²) < 4.78 is 5.67.